The van der Waals surface area contributed by atoms with Gasteiger partial charge in [0.25, 0.3) is 0 Å². The maximum absolute atomic E-state index is 13.1. The maximum atomic E-state index is 13.1. The van der Waals surface area contributed by atoms with Crippen molar-refractivity contribution in [2.45, 2.75) is 31.1 Å². The van der Waals surface area contributed by atoms with Crippen LogP contribution in [-0.4, -0.2) is 123 Å². The van der Waals surface area contributed by atoms with E-state index in [0.717, 1.165) is 19.5 Å². The summed E-state index contributed by atoms with van der Waals surface area (Å²) in [7, 11) is 0. The van der Waals surface area contributed by atoms with Crippen molar-refractivity contribution in [2.75, 3.05) is 78.5 Å². The van der Waals surface area contributed by atoms with Crippen LogP contribution in [0.4, 0.5) is 35.1 Å². The van der Waals surface area contributed by atoms with Gasteiger partial charge >= 0.3 is 24.7 Å². The zero-order chi connectivity index (χ0) is 21.7. The molecular weight excluding hydrogens is 412 g/mol. The Labute approximate surface area is 165 Å². The molecule has 0 aromatic carbocycles. The van der Waals surface area contributed by atoms with Crippen LogP contribution in [0.2, 0.25) is 0 Å². The summed E-state index contributed by atoms with van der Waals surface area (Å²) in [5, 5.41) is 0. The number of piperazine rings is 2. The fourth-order valence-electron chi connectivity index (χ4n) is 3.59. The van der Waals surface area contributed by atoms with E-state index in [1.165, 1.54) is 9.80 Å². The third-order valence-electron chi connectivity index (χ3n) is 5.39. The van der Waals surface area contributed by atoms with Gasteiger partial charge in [0.15, 0.2) is 0 Å². The highest BCUT2D eigenvalue weighted by Crippen LogP contribution is 2.25. The summed E-state index contributed by atoms with van der Waals surface area (Å²) in [4.78, 5) is 6.85. The van der Waals surface area contributed by atoms with Gasteiger partial charge in [0.2, 0.25) is 0 Å². The smallest absolute Gasteiger partial charge is 0.301 e. The largest absolute Gasteiger partial charge is 0.319 e. The normalized spacial score (nSPS) is 22.1. The first-order chi connectivity index (χ1) is 13.5. The van der Waals surface area contributed by atoms with Crippen molar-refractivity contribution >= 4 is 0 Å². The average molecular weight is 440 g/mol. The third kappa shape index (κ3) is 7.80. The molecule has 0 amide bonds. The highest BCUT2D eigenvalue weighted by molar-refractivity contribution is 4.81. The fourth-order valence-corrected chi connectivity index (χ4v) is 3.59. The minimum atomic E-state index is -4.00. The maximum Gasteiger partial charge on any atom is 0.319 e. The summed E-state index contributed by atoms with van der Waals surface area (Å²) >= 11 is 0. The molecule has 0 saturated carbocycles. The number of hydrogen-bond acceptors (Lipinski definition) is 4. The van der Waals surface area contributed by atoms with Gasteiger partial charge in [0, 0.05) is 52.4 Å². The van der Waals surface area contributed by atoms with Gasteiger partial charge in [-0.05, 0) is 19.5 Å². The van der Waals surface area contributed by atoms with Crippen LogP contribution in [-0.2, 0) is 0 Å². The van der Waals surface area contributed by atoms with Crippen molar-refractivity contribution in [3.63, 3.8) is 0 Å². The van der Waals surface area contributed by atoms with Gasteiger partial charge < -0.3 is 9.80 Å². The molecule has 2 aliphatic rings. The Morgan fingerprint density at radius 1 is 0.517 bits per heavy atom. The van der Waals surface area contributed by atoms with E-state index in [-0.39, 0.29) is 0 Å². The van der Waals surface area contributed by atoms with Crippen molar-refractivity contribution in [2.24, 2.45) is 0 Å². The van der Waals surface area contributed by atoms with Crippen LogP contribution in [0.3, 0.4) is 0 Å². The molecule has 2 fully saturated rings. The second-order valence-electron chi connectivity index (χ2n) is 7.71. The first-order valence-corrected chi connectivity index (χ1v) is 9.71. The average Bonchev–Trinajstić information content (AvgIpc) is 2.64. The zero-order valence-corrected chi connectivity index (χ0v) is 16.2. The molecule has 0 aromatic rings. The number of nitrogens with zero attached hydrogens (tertiary/aromatic N) is 4. The van der Waals surface area contributed by atoms with Crippen LogP contribution in [0.15, 0.2) is 0 Å². The Bertz CT molecular complexity index is 436. The van der Waals surface area contributed by atoms with Crippen LogP contribution < -0.4 is 0 Å². The number of rotatable bonds is 10. The van der Waals surface area contributed by atoms with Gasteiger partial charge in [-0.25, -0.2) is 17.6 Å². The topological polar surface area (TPSA) is 13.0 Å². The molecule has 0 aromatic heterocycles. The van der Waals surface area contributed by atoms with Crippen LogP contribution >= 0.6 is 0 Å². The number of halogens is 8. The number of hydrogen-bond donors (Lipinski definition) is 0. The van der Waals surface area contributed by atoms with Gasteiger partial charge in [-0.3, -0.25) is 9.80 Å². The Hall–Kier alpha value is -0.720. The Morgan fingerprint density at radius 3 is 1.07 bits per heavy atom. The molecule has 12 heteroatoms. The minimum Gasteiger partial charge on any atom is -0.301 e. The SMILES string of the molecule is FC(F)C(F)(F)CN1CCN(CCCN2CCN(CC(F)(F)C(F)F)CC2)CC1. The molecular formula is C17H28F8N4. The summed E-state index contributed by atoms with van der Waals surface area (Å²) in [5.74, 6) is -7.99. The van der Waals surface area contributed by atoms with E-state index in [0.29, 0.717) is 52.4 Å². The predicted molar refractivity (Wildman–Crippen MR) is 92.3 cm³/mol. The van der Waals surface area contributed by atoms with Crippen molar-refractivity contribution in [1.29, 1.82) is 0 Å². The van der Waals surface area contributed by atoms with Crippen molar-refractivity contribution in [3.05, 3.63) is 0 Å². The summed E-state index contributed by atoms with van der Waals surface area (Å²) < 4.78 is 101. The minimum absolute atomic E-state index is 0.305. The van der Waals surface area contributed by atoms with E-state index in [4.69, 9.17) is 0 Å². The lowest BCUT2D eigenvalue weighted by molar-refractivity contribution is -0.145. The molecule has 0 atom stereocenters. The first kappa shape index (κ1) is 24.5. The monoisotopic (exact) mass is 440 g/mol. The molecule has 4 nitrogen and oxygen atoms in total. The summed E-state index contributed by atoms with van der Waals surface area (Å²) in [6, 6.07) is 0. The van der Waals surface area contributed by atoms with Crippen molar-refractivity contribution < 1.29 is 35.1 Å². The molecule has 0 N–H and O–H groups in total. The Kier molecular flexibility index (Phi) is 8.92. The van der Waals surface area contributed by atoms with E-state index in [1.807, 2.05) is 0 Å². The van der Waals surface area contributed by atoms with Crippen LogP contribution in [0.25, 0.3) is 0 Å². The second kappa shape index (κ2) is 10.5. The summed E-state index contributed by atoms with van der Waals surface area (Å²) in [5.41, 5.74) is 0. The Morgan fingerprint density at radius 2 is 0.793 bits per heavy atom. The fraction of sp³-hybridized carbons (Fsp3) is 1.00. The van der Waals surface area contributed by atoms with Crippen LogP contribution in [0.1, 0.15) is 6.42 Å². The molecule has 172 valence electrons. The lowest BCUT2D eigenvalue weighted by Gasteiger charge is -2.38. The van der Waals surface area contributed by atoms with E-state index < -0.39 is 37.8 Å². The van der Waals surface area contributed by atoms with E-state index in [9.17, 15) is 35.1 Å². The molecule has 0 unspecified atom stereocenters. The molecule has 2 saturated heterocycles. The van der Waals surface area contributed by atoms with Gasteiger partial charge in [-0.2, -0.15) is 17.6 Å². The third-order valence-corrected chi connectivity index (χ3v) is 5.39. The molecule has 0 aliphatic carbocycles. The molecule has 0 radical (unpaired) electrons. The molecule has 0 bridgehead atoms. The highest BCUT2D eigenvalue weighted by atomic mass is 19.3. The van der Waals surface area contributed by atoms with Crippen molar-refractivity contribution in [1.82, 2.24) is 19.6 Å². The van der Waals surface area contributed by atoms with E-state index in [1.54, 1.807) is 0 Å². The molecule has 2 aliphatic heterocycles. The van der Waals surface area contributed by atoms with Crippen LogP contribution in [0, 0.1) is 0 Å². The van der Waals surface area contributed by atoms with Crippen molar-refractivity contribution in [3.8, 4) is 0 Å². The van der Waals surface area contributed by atoms with Gasteiger partial charge in [0.1, 0.15) is 0 Å². The van der Waals surface area contributed by atoms with Gasteiger partial charge in [0.05, 0.1) is 13.1 Å². The Balaban J connectivity index is 1.58. The molecule has 2 heterocycles. The van der Waals surface area contributed by atoms with E-state index >= 15 is 0 Å². The first-order valence-electron chi connectivity index (χ1n) is 9.71. The zero-order valence-electron chi connectivity index (χ0n) is 16.2. The molecule has 0 spiro atoms. The van der Waals surface area contributed by atoms with Crippen LogP contribution in [0.5, 0.6) is 0 Å². The van der Waals surface area contributed by atoms with Gasteiger partial charge in [-0.1, -0.05) is 0 Å². The summed E-state index contributed by atoms with van der Waals surface area (Å²) in [6.45, 7) is 2.89. The molecule has 2 rings (SSSR count). The predicted octanol–water partition coefficient (Wildman–Crippen LogP) is 2.41. The lowest BCUT2D eigenvalue weighted by atomic mass is 10.2. The lowest BCUT2D eigenvalue weighted by Crippen LogP contribution is -2.52. The number of alkyl halides is 8. The highest BCUT2D eigenvalue weighted by Gasteiger charge is 2.43. The standard InChI is InChI=1S/C17H28F8N4/c18-14(19)16(22,23)12-28-8-4-26(5-9-28)2-1-3-27-6-10-29(11-7-27)13-17(24,25)15(20)21/h14-15H,1-13H2. The quantitative estimate of drug-likeness (QED) is 0.484. The van der Waals surface area contributed by atoms with E-state index in [2.05, 4.69) is 9.80 Å². The second-order valence-corrected chi connectivity index (χ2v) is 7.71. The molecule has 29 heavy (non-hydrogen) atoms. The summed E-state index contributed by atoms with van der Waals surface area (Å²) in [6.07, 6.45) is -6.54. The van der Waals surface area contributed by atoms with Gasteiger partial charge in [-0.15, -0.1) is 0 Å².